The molecule has 1 saturated heterocycles. The molecular weight excluding hydrogens is 248 g/mol. The molecule has 0 aliphatic carbocycles. The zero-order valence-corrected chi connectivity index (χ0v) is 11.9. The van der Waals surface area contributed by atoms with Crippen LogP contribution in [0.4, 0.5) is 0 Å². The van der Waals surface area contributed by atoms with E-state index in [2.05, 4.69) is 15.0 Å². The first-order valence-corrected chi connectivity index (χ1v) is 6.69. The molecule has 0 aromatic heterocycles. The molecule has 7 nitrogen and oxygen atoms in total. The van der Waals surface area contributed by atoms with Crippen LogP contribution < -0.4 is 5.73 Å². The summed E-state index contributed by atoms with van der Waals surface area (Å²) in [6, 6.07) is -0.00916. The average Bonchev–Trinajstić information content (AvgIpc) is 2.46. The Kier molecular flexibility index (Phi) is 7.73. The van der Waals surface area contributed by atoms with Gasteiger partial charge in [0, 0.05) is 39.8 Å². The first kappa shape index (κ1) is 16.2. The van der Waals surface area contributed by atoms with E-state index in [-0.39, 0.29) is 11.9 Å². The molecule has 1 heterocycles. The van der Waals surface area contributed by atoms with E-state index in [9.17, 15) is 0 Å². The largest absolute Gasteiger partial charge is 0.409 e. The topological polar surface area (TPSA) is 83.6 Å². The second-order valence-corrected chi connectivity index (χ2v) is 4.68. The molecule has 3 N–H and O–H groups in total. The quantitative estimate of drug-likeness (QED) is 0.202. The third-order valence-corrected chi connectivity index (χ3v) is 3.48. The number of piperazine rings is 1. The van der Waals surface area contributed by atoms with E-state index in [0.29, 0.717) is 13.2 Å². The van der Waals surface area contributed by atoms with Gasteiger partial charge in [-0.05, 0) is 6.92 Å². The SMILES string of the molecule is COCCOCCN1CCN(C(C)C(N)=NO)CC1. The summed E-state index contributed by atoms with van der Waals surface area (Å²) in [4.78, 5) is 4.58. The second kappa shape index (κ2) is 9.08. The predicted molar refractivity (Wildman–Crippen MR) is 73.6 cm³/mol. The van der Waals surface area contributed by atoms with E-state index in [0.717, 1.165) is 39.3 Å². The maximum Gasteiger partial charge on any atom is 0.156 e. The highest BCUT2D eigenvalue weighted by molar-refractivity contribution is 5.84. The molecule has 0 saturated carbocycles. The molecule has 0 aromatic rings. The first-order chi connectivity index (χ1) is 9.19. The van der Waals surface area contributed by atoms with Crippen LogP contribution in [0.1, 0.15) is 6.92 Å². The minimum absolute atomic E-state index is 0.00916. The summed E-state index contributed by atoms with van der Waals surface area (Å²) in [5.74, 6) is 0.274. The number of oxime groups is 1. The lowest BCUT2D eigenvalue weighted by Crippen LogP contribution is -2.53. The van der Waals surface area contributed by atoms with Crippen molar-refractivity contribution < 1.29 is 14.7 Å². The maximum atomic E-state index is 8.67. The van der Waals surface area contributed by atoms with E-state index < -0.39 is 0 Å². The Labute approximate surface area is 114 Å². The number of ether oxygens (including phenoxy) is 2. The van der Waals surface area contributed by atoms with E-state index >= 15 is 0 Å². The summed E-state index contributed by atoms with van der Waals surface area (Å²) in [6.07, 6.45) is 0. The molecule has 0 aromatic carbocycles. The van der Waals surface area contributed by atoms with E-state index in [4.69, 9.17) is 20.4 Å². The van der Waals surface area contributed by atoms with Crippen molar-refractivity contribution in [3.05, 3.63) is 0 Å². The van der Waals surface area contributed by atoms with Crippen LogP contribution in [-0.4, -0.2) is 86.5 Å². The number of amidine groups is 1. The second-order valence-electron chi connectivity index (χ2n) is 4.68. The van der Waals surface area contributed by atoms with Crippen molar-refractivity contribution in [1.29, 1.82) is 0 Å². The van der Waals surface area contributed by atoms with Gasteiger partial charge in [0.15, 0.2) is 5.84 Å². The summed E-state index contributed by atoms with van der Waals surface area (Å²) in [5, 5.41) is 11.7. The van der Waals surface area contributed by atoms with Gasteiger partial charge in [-0.3, -0.25) is 9.80 Å². The van der Waals surface area contributed by atoms with Gasteiger partial charge in [0.2, 0.25) is 0 Å². The molecule has 1 unspecified atom stereocenters. The minimum atomic E-state index is -0.00916. The lowest BCUT2D eigenvalue weighted by molar-refractivity contribution is 0.0445. The molecule has 0 amide bonds. The molecule has 1 atom stereocenters. The van der Waals surface area contributed by atoms with Crippen LogP contribution in [-0.2, 0) is 9.47 Å². The number of rotatable bonds is 8. The van der Waals surface area contributed by atoms with E-state index in [1.165, 1.54) is 0 Å². The Morgan fingerprint density at radius 1 is 1.26 bits per heavy atom. The molecule has 0 radical (unpaired) electrons. The Balaban J connectivity index is 2.15. The smallest absolute Gasteiger partial charge is 0.156 e. The predicted octanol–water partition coefficient (Wildman–Crippen LogP) is -0.598. The maximum absolute atomic E-state index is 8.67. The molecule has 1 fully saturated rings. The van der Waals surface area contributed by atoms with Gasteiger partial charge in [0.1, 0.15) is 0 Å². The fourth-order valence-electron chi connectivity index (χ4n) is 2.08. The lowest BCUT2D eigenvalue weighted by Gasteiger charge is -2.37. The van der Waals surface area contributed by atoms with Crippen molar-refractivity contribution >= 4 is 5.84 Å². The molecule has 112 valence electrons. The van der Waals surface area contributed by atoms with Crippen molar-refractivity contribution in [2.45, 2.75) is 13.0 Å². The first-order valence-electron chi connectivity index (χ1n) is 6.69. The van der Waals surface area contributed by atoms with Gasteiger partial charge in [-0.1, -0.05) is 5.16 Å². The molecular formula is C12H26N4O3. The molecule has 7 heteroatoms. The number of hydrogen-bond donors (Lipinski definition) is 2. The van der Waals surface area contributed by atoms with Gasteiger partial charge in [0.05, 0.1) is 25.9 Å². The van der Waals surface area contributed by atoms with E-state index in [1.807, 2.05) is 6.92 Å². The third-order valence-electron chi connectivity index (χ3n) is 3.48. The average molecular weight is 274 g/mol. The van der Waals surface area contributed by atoms with Crippen LogP contribution in [0.25, 0.3) is 0 Å². The van der Waals surface area contributed by atoms with Gasteiger partial charge < -0.3 is 20.4 Å². The monoisotopic (exact) mass is 274 g/mol. The van der Waals surface area contributed by atoms with Crippen molar-refractivity contribution in [2.24, 2.45) is 10.9 Å². The van der Waals surface area contributed by atoms with Crippen molar-refractivity contribution in [3.8, 4) is 0 Å². The Morgan fingerprint density at radius 3 is 2.53 bits per heavy atom. The Bertz CT molecular complexity index is 268. The molecule has 1 aliphatic rings. The van der Waals surface area contributed by atoms with Crippen LogP contribution in [0.5, 0.6) is 0 Å². The van der Waals surface area contributed by atoms with E-state index in [1.54, 1.807) is 7.11 Å². The summed E-state index contributed by atoms with van der Waals surface area (Å²) < 4.78 is 10.4. The van der Waals surface area contributed by atoms with Crippen molar-refractivity contribution in [2.75, 3.05) is 59.7 Å². The minimum Gasteiger partial charge on any atom is -0.409 e. The number of nitrogens with two attached hydrogens (primary N) is 1. The van der Waals surface area contributed by atoms with Gasteiger partial charge in [-0.25, -0.2) is 0 Å². The summed E-state index contributed by atoms with van der Waals surface area (Å²) >= 11 is 0. The fraction of sp³-hybridized carbons (Fsp3) is 0.917. The molecule has 1 aliphatic heterocycles. The molecule has 0 spiro atoms. The Hall–Kier alpha value is -0.890. The van der Waals surface area contributed by atoms with Crippen LogP contribution >= 0.6 is 0 Å². The van der Waals surface area contributed by atoms with Gasteiger partial charge in [-0.15, -0.1) is 0 Å². The van der Waals surface area contributed by atoms with Crippen LogP contribution in [0.2, 0.25) is 0 Å². The zero-order chi connectivity index (χ0) is 14.1. The highest BCUT2D eigenvalue weighted by Gasteiger charge is 2.23. The summed E-state index contributed by atoms with van der Waals surface area (Å²) in [7, 11) is 1.67. The number of methoxy groups -OCH3 is 1. The zero-order valence-electron chi connectivity index (χ0n) is 11.9. The molecule has 0 bridgehead atoms. The standard InChI is InChI=1S/C12H26N4O3/c1-11(12(13)14-17)16-5-3-15(4-6-16)7-8-19-10-9-18-2/h11,17H,3-10H2,1-2H3,(H2,13,14). The fourth-order valence-corrected chi connectivity index (χ4v) is 2.08. The lowest BCUT2D eigenvalue weighted by atomic mass is 10.2. The van der Waals surface area contributed by atoms with Crippen molar-refractivity contribution in [3.63, 3.8) is 0 Å². The molecule has 1 rings (SSSR count). The summed E-state index contributed by atoms with van der Waals surface area (Å²) in [6.45, 7) is 8.74. The van der Waals surface area contributed by atoms with Gasteiger partial charge in [0.25, 0.3) is 0 Å². The van der Waals surface area contributed by atoms with Crippen LogP contribution in [0.3, 0.4) is 0 Å². The van der Waals surface area contributed by atoms with Gasteiger partial charge in [-0.2, -0.15) is 0 Å². The normalized spacial score (nSPS) is 20.6. The highest BCUT2D eigenvalue weighted by Crippen LogP contribution is 2.06. The highest BCUT2D eigenvalue weighted by atomic mass is 16.5. The Morgan fingerprint density at radius 2 is 1.95 bits per heavy atom. The summed E-state index contributed by atoms with van der Waals surface area (Å²) in [5.41, 5.74) is 5.62. The number of nitrogens with zero attached hydrogens (tertiary/aromatic N) is 3. The van der Waals surface area contributed by atoms with Gasteiger partial charge >= 0.3 is 0 Å². The van der Waals surface area contributed by atoms with Crippen molar-refractivity contribution in [1.82, 2.24) is 9.80 Å². The van der Waals surface area contributed by atoms with Crippen LogP contribution in [0, 0.1) is 0 Å². The number of hydrogen-bond acceptors (Lipinski definition) is 6. The molecule has 19 heavy (non-hydrogen) atoms. The third kappa shape index (κ3) is 5.73. The van der Waals surface area contributed by atoms with Crippen LogP contribution in [0.15, 0.2) is 5.16 Å².